The van der Waals surface area contributed by atoms with Gasteiger partial charge in [-0.3, -0.25) is 4.90 Å². The molecule has 2 rings (SSSR count). The van der Waals surface area contributed by atoms with E-state index in [1.54, 1.807) is 7.11 Å². The van der Waals surface area contributed by atoms with E-state index in [0.29, 0.717) is 0 Å². The highest BCUT2D eigenvalue weighted by Gasteiger charge is 2.19. The summed E-state index contributed by atoms with van der Waals surface area (Å²) in [5, 5.41) is 3.40. The van der Waals surface area contributed by atoms with Crippen LogP contribution in [0.1, 0.15) is 37.5 Å². The molecule has 0 atom stereocenters. The Balaban J connectivity index is 1.71. The van der Waals surface area contributed by atoms with Gasteiger partial charge in [-0.25, -0.2) is 0 Å². The molecule has 1 fully saturated rings. The largest absolute Gasteiger partial charge is 0.468 e. The Labute approximate surface area is 122 Å². The molecule has 20 heavy (non-hydrogen) atoms. The lowest BCUT2D eigenvalue weighted by molar-refractivity contribution is 0.0939. The van der Waals surface area contributed by atoms with Crippen LogP contribution < -0.4 is 5.32 Å². The summed E-state index contributed by atoms with van der Waals surface area (Å²) >= 11 is 0. The number of hydrogen-bond donors (Lipinski definition) is 1. The van der Waals surface area contributed by atoms with Crippen molar-refractivity contribution >= 4 is 0 Å². The van der Waals surface area contributed by atoms with Crippen LogP contribution in [0.15, 0.2) is 16.7 Å². The Bertz CT molecular complexity index is 370. The molecule has 4 nitrogen and oxygen atoms in total. The summed E-state index contributed by atoms with van der Waals surface area (Å²) in [7, 11) is 1.79. The topological polar surface area (TPSA) is 37.6 Å². The smallest absolute Gasteiger partial charge is 0.118 e. The van der Waals surface area contributed by atoms with E-state index < -0.39 is 0 Å². The van der Waals surface area contributed by atoms with Crippen LogP contribution in [0.4, 0.5) is 0 Å². The van der Waals surface area contributed by atoms with Crippen LogP contribution in [-0.4, -0.2) is 38.3 Å². The third-order valence-corrected chi connectivity index (χ3v) is 3.95. The minimum atomic E-state index is 0.738. The molecule has 114 valence electrons. The van der Waals surface area contributed by atoms with Crippen LogP contribution >= 0.6 is 0 Å². The summed E-state index contributed by atoms with van der Waals surface area (Å²) in [5.74, 6) is 1.82. The van der Waals surface area contributed by atoms with Crippen molar-refractivity contribution in [2.45, 2.75) is 39.3 Å². The van der Waals surface area contributed by atoms with Gasteiger partial charge in [0.15, 0.2) is 0 Å². The molecule has 1 aromatic heterocycles. The van der Waals surface area contributed by atoms with Gasteiger partial charge < -0.3 is 14.5 Å². The van der Waals surface area contributed by atoms with Gasteiger partial charge in [0.2, 0.25) is 0 Å². The van der Waals surface area contributed by atoms with Gasteiger partial charge in [0, 0.05) is 25.8 Å². The van der Waals surface area contributed by atoms with Crippen LogP contribution in [0.25, 0.3) is 0 Å². The zero-order chi connectivity index (χ0) is 14.2. The van der Waals surface area contributed by atoms with Crippen molar-refractivity contribution < 1.29 is 9.15 Å². The quantitative estimate of drug-likeness (QED) is 0.743. The van der Waals surface area contributed by atoms with E-state index in [1.165, 1.54) is 24.8 Å². The molecule has 0 saturated carbocycles. The lowest BCUT2D eigenvalue weighted by Gasteiger charge is -2.30. The first kappa shape index (κ1) is 15.5. The summed E-state index contributed by atoms with van der Waals surface area (Å²) < 4.78 is 10.9. The Hall–Kier alpha value is -0.840. The molecule has 1 aromatic rings. The fourth-order valence-electron chi connectivity index (χ4n) is 2.78. The van der Waals surface area contributed by atoms with Gasteiger partial charge in [0.05, 0.1) is 12.8 Å². The highest BCUT2D eigenvalue weighted by atomic mass is 16.5. The fraction of sp³-hybridized carbons (Fsp3) is 0.750. The third-order valence-electron chi connectivity index (χ3n) is 3.95. The normalized spacial score (nSPS) is 17.7. The van der Waals surface area contributed by atoms with Gasteiger partial charge in [0.25, 0.3) is 0 Å². The van der Waals surface area contributed by atoms with Gasteiger partial charge >= 0.3 is 0 Å². The summed E-state index contributed by atoms with van der Waals surface area (Å²) in [6.07, 6.45) is 5.52. The van der Waals surface area contributed by atoms with Crippen LogP contribution in [0, 0.1) is 5.92 Å². The SMILES string of the molecule is CCCNCc1coc(CN2CCC(COC)CC2)c1. The molecule has 4 heteroatoms. The first-order chi connectivity index (χ1) is 9.81. The third kappa shape index (κ3) is 4.93. The number of ether oxygens (including phenoxy) is 1. The minimum absolute atomic E-state index is 0.738. The predicted molar refractivity (Wildman–Crippen MR) is 80.6 cm³/mol. The first-order valence-corrected chi connectivity index (χ1v) is 7.80. The molecular weight excluding hydrogens is 252 g/mol. The molecule has 0 unspecified atom stereocenters. The minimum Gasteiger partial charge on any atom is -0.468 e. The molecule has 2 heterocycles. The van der Waals surface area contributed by atoms with Crippen LogP contribution in [0.3, 0.4) is 0 Å². The summed E-state index contributed by atoms with van der Waals surface area (Å²) in [6.45, 7) is 8.30. The standard InChI is InChI=1S/C16H28N2O2/c1-3-6-17-10-15-9-16(20-13-15)11-18-7-4-14(5-8-18)12-19-2/h9,13-14,17H,3-8,10-12H2,1-2H3. The molecule has 0 spiro atoms. The van der Waals surface area contributed by atoms with Gasteiger partial charge in [-0.15, -0.1) is 0 Å². The van der Waals surface area contributed by atoms with E-state index in [0.717, 1.165) is 51.0 Å². The maximum atomic E-state index is 5.67. The van der Waals surface area contributed by atoms with Gasteiger partial charge in [-0.2, -0.15) is 0 Å². The first-order valence-electron chi connectivity index (χ1n) is 7.80. The molecule has 0 aromatic carbocycles. The van der Waals surface area contributed by atoms with E-state index in [9.17, 15) is 0 Å². The second-order valence-electron chi connectivity index (χ2n) is 5.77. The molecule has 1 aliphatic rings. The zero-order valence-electron chi connectivity index (χ0n) is 12.9. The highest BCUT2D eigenvalue weighted by Crippen LogP contribution is 2.20. The molecule has 0 amide bonds. The van der Waals surface area contributed by atoms with E-state index in [2.05, 4.69) is 23.2 Å². The van der Waals surface area contributed by atoms with Crippen molar-refractivity contribution in [3.05, 3.63) is 23.7 Å². The number of piperidine rings is 1. The number of methoxy groups -OCH3 is 1. The van der Waals surface area contributed by atoms with Crippen molar-refractivity contribution in [3.63, 3.8) is 0 Å². The summed E-state index contributed by atoms with van der Waals surface area (Å²) in [5.41, 5.74) is 1.25. The number of rotatable bonds is 8. The fourth-order valence-corrected chi connectivity index (χ4v) is 2.78. The van der Waals surface area contributed by atoms with Crippen LogP contribution in [-0.2, 0) is 17.8 Å². The van der Waals surface area contributed by atoms with Crippen molar-refractivity contribution in [2.24, 2.45) is 5.92 Å². The lowest BCUT2D eigenvalue weighted by atomic mass is 9.98. The maximum Gasteiger partial charge on any atom is 0.118 e. The molecular formula is C16H28N2O2. The van der Waals surface area contributed by atoms with Crippen molar-refractivity contribution in [2.75, 3.05) is 33.4 Å². The number of likely N-dealkylation sites (tertiary alicyclic amines) is 1. The zero-order valence-corrected chi connectivity index (χ0v) is 12.9. The molecule has 1 saturated heterocycles. The monoisotopic (exact) mass is 280 g/mol. The Morgan fingerprint density at radius 1 is 1.40 bits per heavy atom. The number of nitrogens with zero attached hydrogens (tertiary/aromatic N) is 1. The number of furan rings is 1. The highest BCUT2D eigenvalue weighted by molar-refractivity contribution is 5.12. The lowest BCUT2D eigenvalue weighted by Crippen LogP contribution is -2.34. The second-order valence-corrected chi connectivity index (χ2v) is 5.77. The molecule has 0 radical (unpaired) electrons. The molecule has 0 bridgehead atoms. The van der Waals surface area contributed by atoms with Crippen LogP contribution in [0.2, 0.25) is 0 Å². The Kier molecular flexibility index (Phi) is 6.57. The molecule has 0 aliphatic carbocycles. The average Bonchev–Trinajstić information content (AvgIpc) is 2.89. The van der Waals surface area contributed by atoms with Crippen molar-refractivity contribution in [1.29, 1.82) is 0 Å². The van der Waals surface area contributed by atoms with E-state index in [-0.39, 0.29) is 0 Å². The Morgan fingerprint density at radius 2 is 2.20 bits per heavy atom. The predicted octanol–water partition coefficient (Wildman–Crippen LogP) is 2.64. The average molecular weight is 280 g/mol. The van der Waals surface area contributed by atoms with Crippen LogP contribution in [0.5, 0.6) is 0 Å². The van der Waals surface area contributed by atoms with E-state index in [1.807, 2.05) is 6.26 Å². The van der Waals surface area contributed by atoms with Crippen molar-refractivity contribution in [1.82, 2.24) is 10.2 Å². The van der Waals surface area contributed by atoms with E-state index in [4.69, 9.17) is 9.15 Å². The summed E-state index contributed by atoms with van der Waals surface area (Å²) in [4.78, 5) is 2.48. The molecule has 1 N–H and O–H groups in total. The van der Waals surface area contributed by atoms with Crippen molar-refractivity contribution in [3.8, 4) is 0 Å². The molecule has 1 aliphatic heterocycles. The van der Waals surface area contributed by atoms with Gasteiger partial charge in [0.1, 0.15) is 5.76 Å². The van der Waals surface area contributed by atoms with Gasteiger partial charge in [-0.05, 0) is 50.9 Å². The van der Waals surface area contributed by atoms with E-state index >= 15 is 0 Å². The Morgan fingerprint density at radius 3 is 2.90 bits per heavy atom. The number of hydrogen-bond acceptors (Lipinski definition) is 4. The number of nitrogens with one attached hydrogen (secondary N) is 1. The maximum absolute atomic E-state index is 5.67. The van der Waals surface area contributed by atoms with Gasteiger partial charge in [-0.1, -0.05) is 6.92 Å². The summed E-state index contributed by atoms with van der Waals surface area (Å²) in [6, 6.07) is 2.18. The second kappa shape index (κ2) is 8.45.